The van der Waals surface area contributed by atoms with Crippen LogP contribution in [0.3, 0.4) is 0 Å². The summed E-state index contributed by atoms with van der Waals surface area (Å²) in [6, 6.07) is 9.70. The summed E-state index contributed by atoms with van der Waals surface area (Å²) in [4.78, 5) is 20.3. The molecule has 2 N–H and O–H groups in total. The highest BCUT2D eigenvalue weighted by Crippen LogP contribution is 2.37. The van der Waals surface area contributed by atoms with Gasteiger partial charge in [-0.3, -0.25) is 9.48 Å². The van der Waals surface area contributed by atoms with Gasteiger partial charge in [-0.2, -0.15) is 15.5 Å². The van der Waals surface area contributed by atoms with E-state index in [-0.39, 0.29) is 11.7 Å². The number of nitrogens with zero attached hydrogens (tertiary/aromatic N) is 8. The summed E-state index contributed by atoms with van der Waals surface area (Å²) in [6.07, 6.45) is 4.27. The number of fused-ring (bicyclic) bond motifs is 1. The molecule has 1 saturated heterocycles. The first kappa shape index (κ1) is 19.0. The maximum atomic E-state index is 12.1. The number of nitrogens with two attached hydrogens (primary N) is 1. The van der Waals surface area contributed by atoms with E-state index < -0.39 is 12.5 Å². The molecule has 178 valence electrons. The molecule has 1 aliphatic rings. The molecule has 1 amide bonds. The molecule has 0 radical (unpaired) electrons. The second-order valence-corrected chi connectivity index (χ2v) is 9.27. The predicted octanol–water partition coefficient (Wildman–Crippen LogP) is 2.70. The summed E-state index contributed by atoms with van der Waals surface area (Å²) in [5.74, 6) is 0.258. The van der Waals surface area contributed by atoms with Crippen molar-refractivity contribution < 1.29 is 8.91 Å². The zero-order valence-electron chi connectivity index (χ0n) is 22.7. The summed E-state index contributed by atoms with van der Waals surface area (Å²) < 4.78 is 25.5. The Morgan fingerprint density at radius 2 is 2.06 bits per heavy atom. The number of aromatic nitrogens is 5. The minimum Gasteiger partial charge on any atom is -0.382 e. The lowest BCUT2D eigenvalue weighted by atomic mass is 9.96. The number of amides is 1. The molecule has 5 rings (SSSR count). The van der Waals surface area contributed by atoms with E-state index in [1.807, 2.05) is 36.9 Å². The minimum absolute atomic E-state index is 0.0233. The van der Waals surface area contributed by atoms with Gasteiger partial charge in [0.1, 0.15) is 17.9 Å². The number of hydrogen-bond donors (Lipinski definition) is 1. The van der Waals surface area contributed by atoms with Gasteiger partial charge in [-0.15, -0.1) is 0 Å². The molecule has 1 aromatic carbocycles. The maximum absolute atomic E-state index is 12.1. The fourth-order valence-corrected chi connectivity index (χ4v) is 4.95. The Bertz CT molecular complexity index is 1600. The van der Waals surface area contributed by atoms with Crippen molar-refractivity contribution in [3.8, 4) is 28.5 Å². The number of anilines is 2. The Kier molecular flexibility index (Phi) is 4.41. The number of rotatable bonds is 3. The average molecular weight is 473 g/mol. The molecule has 0 saturated carbocycles. The molecule has 0 bridgehead atoms. The smallest absolute Gasteiger partial charge is 0.220 e. The van der Waals surface area contributed by atoms with E-state index in [1.54, 1.807) is 17.5 Å². The third-order valence-electron chi connectivity index (χ3n) is 6.51. The summed E-state index contributed by atoms with van der Waals surface area (Å²) in [6.45, 7) is 4.89. The Balaban J connectivity index is 1.63. The highest BCUT2D eigenvalue weighted by atomic mass is 16.2. The number of aryl methyl sites for hydroxylation is 1. The number of piperazine rings is 1. The van der Waals surface area contributed by atoms with Gasteiger partial charge in [0.2, 0.25) is 5.91 Å². The van der Waals surface area contributed by atoms with E-state index in [2.05, 4.69) is 26.2 Å². The largest absolute Gasteiger partial charge is 0.382 e. The molecule has 1 fully saturated rings. The number of benzene rings is 1. The quantitative estimate of drug-likeness (QED) is 0.486. The molecule has 4 heterocycles. The van der Waals surface area contributed by atoms with Gasteiger partial charge in [0.25, 0.3) is 0 Å². The van der Waals surface area contributed by atoms with Gasteiger partial charge in [-0.05, 0) is 32.0 Å². The SMILES string of the molecule is [2H]C([2H])([2H])n1cc(-c2cc(-c3ccc(C#N)c(N4CCN(C(C)=O)C(C)(C)C4)c3)n3ncnc(N)c23)cn1. The Morgan fingerprint density at radius 3 is 2.74 bits per heavy atom. The van der Waals surface area contributed by atoms with Crippen LogP contribution in [0.2, 0.25) is 0 Å². The third-order valence-corrected chi connectivity index (χ3v) is 6.51. The number of nitrogen functional groups attached to an aromatic ring is 1. The van der Waals surface area contributed by atoms with Crippen LogP contribution in [0.1, 0.15) is 30.4 Å². The molecule has 35 heavy (non-hydrogen) atoms. The summed E-state index contributed by atoms with van der Waals surface area (Å²) in [7, 11) is 0. The van der Waals surface area contributed by atoms with Crippen molar-refractivity contribution in [3.05, 3.63) is 48.5 Å². The molecule has 0 spiro atoms. The van der Waals surface area contributed by atoms with Gasteiger partial charge >= 0.3 is 0 Å². The van der Waals surface area contributed by atoms with Crippen molar-refractivity contribution in [2.24, 2.45) is 6.98 Å². The Morgan fingerprint density at radius 1 is 1.23 bits per heavy atom. The van der Waals surface area contributed by atoms with Crippen molar-refractivity contribution in [1.82, 2.24) is 29.3 Å². The van der Waals surface area contributed by atoms with Crippen LogP contribution in [0.5, 0.6) is 0 Å². The summed E-state index contributed by atoms with van der Waals surface area (Å²) in [5.41, 5.74) is 10.3. The molecule has 10 nitrogen and oxygen atoms in total. The monoisotopic (exact) mass is 472 g/mol. The number of nitriles is 1. The van der Waals surface area contributed by atoms with Crippen molar-refractivity contribution in [1.29, 1.82) is 5.26 Å². The normalized spacial score (nSPS) is 17.0. The predicted molar refractivity (Wildman–Crippen MR) is 133 cm³/mol. The Hall–Kier alpha value is -4.39. The summed E-state index contributed by atoms with van der Waals surface area (Å²) >= 11 is 0. The van der Waals surface area contributed by atoms with Crippen molar-refractivity contribution >= 4 is 22.9 Å². The van der Waals surface area contributed by atoms with Gasteiger partial charge < -0.3 is 15.5 Å². The molecule has 0 aliphatic carbocycles. The number of carbonyl (C=O) groups excluding carboxylic acids is 1. The lowest BCUT2D eigenvalue weighted by Crippen LogP contribution is -2.60. The molecule has 0 unspecified atom stereocenters. The fourth-order valence-electron chi connectivity index (χ4n) is 4.95. The zero-order valence-corrected chi connectivity index (χ0v) is 19.7. The van der Waals surface area contributed by atoms with E-state index in [0.717, 1.165) is 15.9 Å². The lowest BCUT2D eigenvalue weighted by Gasteiger charge is -2.47. The lowest BCUT2D eigenvalue weighted by molar-refractivity contribution is -0.134. The average Bonchev–Trinajstić information content (AvgIpc) is 3.49. The molecule has 10 heteroatoms. The summed E-state index contributed by atoms with van der Waals surface area (Å²) in [5, 5.41) is 18.3. The standard InChI is InChI=1S/C25H27N9O/c1-16(35)33-8-7-32(14-25(33,2)3)21-9-17(5-6-18(21)11-26)22-10-20(19-12-29-31(4)13-19)23-24(27)28-15-30-34(22)23/h5-6,9-10,12-13,15H,7-8,14H2,1-4H3,(H2,27,28,30)/i4D3. The molecule has 0 atom stereocenters. The van der Waals surface area contributed by atoms with Gasteiger partial charge in [0.15, 0.2) is 5.82 Å². The van der Waals surface area contributed by atoms with Gasteiger partial charge in [-0.1, -0.05) is 6.07 Å². The van der Waals surface area contributed by atoms with Crippen molar-refractivity contribution in [2.45, 2.75) is 26.3 Å². The van der Waals surface area contributed by atoms with Crippen molar-refractivity contribution in [3.63, 3.8) is 0 Å². The van der Waals surface area contributed by atoms with E-state index in [4.69, 9.17) is 9.85 Å². The van der Waals surface area contributed by atoms with Crippen LogP contribution < -0.4 is 10.6 Å². The molecule has 1 aliphatic heterocycles. The van der Waals surface area contributed by atoms with Crippen LogP contribution in [0.15, 0.2) is 43.0 Å². The topological polar surface area (TPSA) is 121 Å². The van der Waals surface area contributed by atoms with Crippen LogP contribution in [0, 0.1) is 11.3 Å². The van der Waals surface area contributed by atoms with Crippen LogP contribution in [0.25, 0.3) is 27.9 Å². The third kappa shape index (κ3) is 3.75. The van der Waals surface area contributed by atoms with Crippen LogP contribution in [-0.2, 0) is 11.8 Å². The molecule has 4 aromatic rings. The van der Waals surface area contributed by atoms with Crippen molar-refractivity contribution in [2.75, 3.05) is 30.3 Å². The van der Waals surface area contributed by atoms with Crippen LogP contribution in [-0.4, -0.2) is 60.4 Å². The minimum atomic E-state index is -2.42. The molecule has 3 aromatic heterocycles. The fraction of sp³-hybridized carbons (Fsp3) is 0.320. The number of hydrogen-bond acceptors (Lipinski definition) is 7. The molecular weight excluding hydrogens is 442 g/mol. The maximum Gasteiger partial charge on any atom is 0.220 e. The van der Waals surface area contributed by atoms with E-state index in [1.165, 1.54) is 18.7 Å². The first-order valence-electron chi connectivity index (χ1n) is 12.7. The first-order chi connectivity index (χ1) is 17.9. The highest BCUT2D eigenvalue weighted by Gasteiger charge is 2.36. The first-order valence-corrected chi connectivity index (χ1v) is 11.2. The zero-order chi connectivity index (χ0) is 27.4. The van der Waals surface area contributed by atoms with E-state index in [9.17, 15) is 10.1 Å². The van der Waals surface area contributed by atoms with Gasteiger partial charge in [0, 0.05) is 60.5 Å². The number of carbonyl (C=O) groups is 1. The van der Waals surface area contributed by atoms with E-state index in [0.29, 0.717) is 47.5 Å². The second kappa shape index (κ2) is 8.13. The highest BCUT2D eigenvalue weighted by molar-refractivity contribution is 5.92. The Labute approximate surface area is 207 Å². The molecular formula is C25H27N9O. The van der Waals surface area contributed by atoms with Crippen LogP contribution >= 0.6 is 0 Å². The second-order valence-electron chi connectivity index (χ2n) is 9.27. The van der Waals surface area contributed by atoms with Crippen LogP contribution in [0.4, 0.5) is 11.5 Å². The van der Waals surface area contributed by atoms with Gasteiger partial charge in [-0.25, -0.2) is 9.50 Å². The van der Waals surface area contributed by atoms with E-state index >= 15 is 0 Å². The van der Waals surface area contributed by atoms with Gasteiger partial charge in [0.05, 0.1) is 28.7 Å².